The summed E-state index contributed by atoms with van der Waals surface area (Å²) in [7, 11) is 0. The third kappa shape index (κ3) is 6.60. The second-order valence-corrected chi connectivity index (χ2v) is 11.4. The topological polar surface area (TPSA) is 98.9 Å². The first-order chi connectivity index (χ1) is 17.8. The third-order valence-corrected chi connectivity index (χ3v) is 7.26. The number of nitrogens with one attached hydrogen (secondary N) is 3. The van der Waals surface area contributed by atoms with Crippen molar-refractivity contribution in [3.8, 4) is 0 Å². The number of carbonyl (C=O) groups is 1. The van der Waals surface area contributed by atoms with Gasteiger partial charge in [-0.3, -0.25) is 4.90 Å². The van der Waals surface area contributed by atoms with Gasteiger partial charge in [0.2, 0.25) is 0 Å². The number of aromatic amines is 2. The minimum Gasteiger partial charge on any atom is -0.444 e. The lowest BCUT2D eigenvalue weighted by Crippen LogP contribution is -2.36. The molecule has 0 spiro atoms. The maximum absolute atomic E-state index is 12.6. The molecule has 3 N–H and O–H groups in total. The van der Waals surface area contributed by atoms with E-state index in [-0.39, 0.29) is 12.1 Å². The Bertz CT molecular complexity index is 1170. The predicted molar refractivity (Wildman–Crippen MR) is 143 cm³/mol. The van der Waals surface area contributed by atoms with Gasteiger partial charge in [0.1, 0.15) is 17.2 Å². The van der Waals surface area contributed by atoms with Gasteiger partial charge in [-0.05, 0) is 89.8 Å². The summed E-state index contributed by atoms with van der Waals surface area (Å²) in [6.45, 7) is 7.49. The van der Waals surface area contributed by atoms with E-state index in [0.717, 1.165) is 68.1 Å². The van der Waals surface area contributed by atoms with E-state index in [2.05, 4.69) is 50.7 Å². The van der Waals surface area contributed by atoms with E-state index in [1.54, 1.807) is 0 Å². The van der Waals surface area contributed by atoms with Crippen molar-refractivity contribution in [1.82, 2.24) is 30.2 Å². The van der Waals surface area contributed by atoms with Gasteiger partial charge in [-0.15, -0.1) is 0 Å². The number of likely N-dealkylation sites (tertiary alicyclic amines) is 1. The molecule has 0 aliphatic carbocycles. The summed E-state index contributed by atoms with van der Waals surface area (Å²) in [5.41, 5.74) is 4.38. The Morgan fingerprint density at radius 3 is 2.49 bits per heavy atom. The van der Waals surface area contributed by atoms with Crippen molar-refractivity contribution in [3.05, 3.63) is 70.8 Å². The standard InChI is InChI=1S/C29H40N6O2/c1-29(2,3)37-28(36)35-17-5-7-25(35)27-32-19-23(34-27)15-13-21-10-8-20(9-11-21)12-14-22-18-31-26(33-22)24-6-4-16-30-24/h8-11,18-19,24-25,30H,4-7,12-17H2,1-3H3,(H,31,33)(H,32,34)/t24-,25-/m0/s1. The van der Waals surface area contributed by atoms with E-state index in [9.17, 15) is 4.79 Å². The van der Waals surface area contributed by atoms with Crippen LogP contribution in [-0.4, -0.2) is 49.6 Å². The van der Waals surface area contributed by atoms with Crippen LogP contribution in [0.3, 0.4) is 0 Å². The average Bonchev–Trinajstić information content (AvgIpc) is 3.67. The summed E-state index contributed by atoms with van der Waals surface area (Å²) < 4.78 is 5.60. The molecule has 0 saturated carbocycles. The van der Waals surface area contributed by atoms with Crippen molar-refractivity contribution >= 4 is 6.09 Å². The lowest BCUT2D eigenvalue weighted by Gasteiger charge is -2.27. The summed E-state index contributed by atoms with van der Waals surface area (Å²) in [6, 6.07) is 9.27. The van der Waals surface area contributed by atoms with Gasteiger partial charge in [0, 0.05) is 24.6 Å². The van der Waals surface area contributed by atoms with Crippen molar-refractivity contribution in [1.29, 1.82) is 0 Å². The molecular weight excluding hydrogens is 464 g/mol. The molecule has 4 heterocycles. The number of aryl methyl sites for hydroxylation is 4. The van der Waals surface area contributed by atoms with Crippen molar-refractivity contribution < 1.29 is 9.53 Å². The molecule has 198 valence electrons. The van der Waals surface area contributed by atoms with Crippen LogP contribution < -0.4 is 5.32 Å². The van der Waals surface area contributed by atoms with Gasteiger partial charge in [0.15, 0.2) is 0 Å². The number of amides is 1. The largest absolute Gasteiger partial charge is 0.444 e. The van der Waals surface area contributed by atoms with E-state index in [1.165, 1.54) is 24.0 Å². The summed E-state index contributed by atoms with van der Waals surface area (Å²) in [5, 5.41) is 3.50. The zero-order chi connectivity index (χ0) is 25.8. The number of imidazole rings is 2. The van der Waals surface area contributed by atoms with Gasteiger partial charge < -0.3 is 20.0 Å². The Balaban J connectivity index is 1.10. The first-order valence-corrected chi connectivity index (χ1v) is 13.7. The maximum atomic E-state index is 12.6. The smallest absolute Gasteiger partial charge is 0.410 e. The Kier molecular flexibility index (Phi) is 7.65. The SMILES string of the molecule is CC(C)(C)OC(=O)N1CCC[C@H]1c1ncc(CCc2ccc(CCc3c[nH]c([C@@H]4CCCN4)n3)cc2)[nH]1. The molecular formula is C29H40N6O2. The molecule has 8 nitrogen and oxygen atoms in total. The van der Waals surface area contributed by atoms with Gasteiger partial charge in [-0.25, -0.2) is 14.8 Å². The molecule has 2 atom stereocenters. The van der Waals surface area contributed by atoms with E-state index < -0.39 is 5.60 Å². The Morgan fingerprint density at radius 1 is 1.03 bits per heavy atom. The number of carbonyl (C=O) groups excluding carboxylic acids is 1. The van der Waals surface area contributed by atoms with Crippen molar-refractivity contribution in [2.24, 2.45) is 0 Å². The van der Waals surface area contributed by atoms with E-state index >= 15 is 0 Å². The number of hydrogen-bond acceptors (Lipinski definition) is 5. The van der Waals surface area contributed by atoms with Gasteiger partial charge in [0.25, 0.3) is 0 Å². The lowest BCUT2D eigenvalue weighted by atomic mass is 10.0. The molecule has 5 rings (SSSR count). The number of nitrogens with zero attached hydrogens (tertiary/aromatic N) is 3. The van der Waals surface area contributed by atoms with Crippen LogP contribution >= 0.6 is 0 Å². The summed E-state index contributed by atoms with van der Waals surface area (Å²) in [4.78, 5) is 30.7. The highest BCUT2D eigenvalue weighted by Gasteiger charge is 2.34. The highest BCUT2D eigenvalue weighted by molar-refractivity contribution is 5.69. The lowest BCUT2D eigenvalue weighted by molar-refractivity contribution is 0.0218. The summed E-state index contributed by atoms with van der Waals surface area (Å²) in [6.07, 6.45) is 11.7. The second-order valence-electron chi connectivity index (χ2n) is 11.4. The fourth-order valence-corrected chi connectivity index (χ4v) is 5.29. The highest BCUT2D eigenvalue weighted by Crippen LogP contribution is 2.31. The molecule has 1 amide bonds. The van der Waals surface area contributed by atoms with Gasteiger partial charge in [-0.1, -0.05) is 24.3 Å². The van der Waals surface area contributed by atoms with Crippen LogP contribution in [0.15, 0.2) is 36.7 Å². The van der Waals surface area contributed by atoms with Gasteiger partial charge in [0.05, 0.1) is 17.8 Å². The number of ether oxygens (including phenoxy) is 1. The molecule has 37 heavy (non-hydrogen) atoms. The fourth-order valence-electron chi connectivity index (χ4n) is 5.29. The van der Waals surface area contributed by atoms with Crippen LogP contribution in [0.4, 0.5) is 4.79 Å². The van der Waals surface area contributed by atoms with E-state index in [0.29, 0.717) is 12.6 Å². The predicted octanol–water partition coefficient (Wildman–Crippen LogP) is 5.20. The van der Waals surface area contributed by atoms with Crippen LogP contribution in [0, 0.1) is 0 Å². The van der Waals surface area contributed by atoms with Crippen LogP contribution in [0.1, 0.15) is 92.7 Å². The van der Waals surface area contributed by atoms with Crippen molar-refractivity contribution in [2.45, 2.75) is 89.8 Å². The summed E-state index contributed by atoms with van der Waals surface area (Å²) >= 11 is 0. The van der Waals surface area contributed by atoms with E-state index in [4.69, 9.17) is 9.72 Å². The van der Waals surface area contributed by atoms with Gasteiger partial charge in [-0.2, -0.15) is 0 Å². The molecule has 2 saturated heterocycles. The molecule has 2 aromatic heterocycles. The van der Waals surface area contributed by atoms with Crippen molar-refractivity contribution in [3.63, 3.8) is 0 Å². The summed E-state index contributed by atoms with van der Waals surface area (Å²) in [5.74, 6) is 1.94. The maximum Gasteiger partial charge on any atom is 0.410 e. The quantitative estimate of drug-likeness (QED) is 0.392. The number of rotatable bonds is 8. The van der Waals surface area contributed by atoms with Crippen LogP contribution in [0.25, 0.3) is 0 Å². The minimum absolute atomic E-state index is 0.0390. The Labute approximate surface area is 219 Å². The molecule has 0 bridgehead atoms. The number of aromatic nitrogens is 4. The molecule has 2 aliphatic heterocycles. The Morgan fingerprint density at radius 2 is 1.78 bits per heavy atom. The van der Waals surface area contributed by atoms with Crippen LogP contribution in [0.2, 0.25) is 0 Å². The van der Waals surface area contributed by atoms with E-state index in [1.807, 2.05) is 31.9 Å². The minimum atomic E-state index is -0.497. The molecule has 0 radical (unpaired) electrons. The molecule has 1 aromatic carbocycles. The molecule has 8 heteroatoms. The normalized spacial score (nSPS) is 20.0. The Hall–Kier alpha value is -3.13. The van der Waals surface area contributed by atoms with Gasteiger partial charge >= 0.3 is 6.09 Å². The zero-order valence-corrected chi connectivity index (χ0v) is 22.3. The third-order valence-electron chi connectivity index (χ3n) is 7.26. The zero-order valence-electron chi connectivity index (χ0n) is 22.3. The van der Waals surface area contributed by atoms with Crippen molar-refractivity contribution in [2.75, 3.05) is 13.1 Å². The molecule has 3 aromatic rings. The molecule has 0 unspecified atom stereocenters. The monoisotopic (exact) mass is 504 g/mol. The average molecular weight is 505 g/mol. The molecule has 2 aliphatic rings. The van der Waals surface area contributed by atoms with Crippen LogP contribution in [-0.2, 0) is 30.4 Å². The number of hydrogen-bond donors (Lipinski definition) is 3. The fraction of sp³-hybridized carbons (Fsp3) is 0.552. The van der Waals surface area contributed by atoms with Crippen LogP contribution in [0.5, 0.6) is 0 Å². The number of H-pyrrole nitrogens is 2. The second kappa shape index (κ2) is 11.1. The first kappa shape index (κ1) is 25.5. The molecule has 2 fully saturated rings. The first-order valence-electron chi connectivity index (χ1n) is 13.7. The number of benzene rings is 1. The highest BCUT2D eigenvalue weighted by atomic mass is 16.6.